The largest absolute Gasteiger partial charge is 0.349 e. The summed E-state index contributed by atoms with van der Waals surface area (Å²) in [5, 5.41) is 10.5. The maximum absolute atomic E-state index is 11.9. The second-order valence-corrected chi connectivity index (χ2v) is 6.35. The molecule has 1 aromatic carbocycles. The molecule has 4 nitrogen and oxygen atoms in total. The third-order valence-electron chi connectivity index (χ3n) is 2.84. The summed E-state index contributed by atoms with van der Waals surface area (Å²) in [6.45, 7) is 4.68. The highest BCUT2D eigenvalue weighted by Crippen LogP contribution is 2.22. The van der Waals surface area contributed by atoms with E-state index in [1.54, 1.807) is 0 Å². The van der Waals surface area contributed by atoms with Gasteiger partial charge in [0.15, 0.2) is 0 Å². The molecule has 2 aromatic rings. The van der Waals surface area contributed by atoms with Crippen LogP contribution in [0.15, 0.2) is 30.3 Å². The highest BCUT2D eigenvalue weighted by atomic mass is 35.5. The molecule has 0 spiro atoms. The van der Waals surface area contributed by atoms with Gasteiger partial charge in [0.1, 0.15) is 0 Å². The van der Waals surface area contributed by atoms with Crippen LogP contribution in [0.3, 0.4) is 0 Å². The maximum Gasteiger partial charge on any atom is 0.282 e. The van der Waals surface area contributed by atoms with Gasteiger partial charge in [-0.1, -0.05) is 55.5 Å². The number of amides is 1. The Bertz CT molecular complexity index is 568. The van der Waals surface area contributed by atoms with E-state index < -0.39 is 0 Å². The molecule has 0 unspecified atom stereocenters. The lowest BCUT2D eigenvalue weighted by Gasteiger charge is -2.25. The van der Waals surface area contributed by atoms with Crippen LogP contribution in [-0.2, 0) is 5.41 Å². The second-order valence-electron chi connectivity index (χ2n) is 4.79. The number of nitrogens with one attached hydrogen (secondary N) is 1. The number of carbonyl (C=O) groups excluding carboxylic acids is 1. The highest BCUT2D eigenvalue weighted by molar-refractivity contribution is 7.17. The molecule has 0 bridgehead atoms. The Labute approximate surface area is 120 Å². The molecule has 0 aliphatic heterocycles. The van der Waals surface area contributed by atoms with Crippen LogP contribution < -0.4 is 5.32 Å². The van der Waals surface area contributed by atoms with Crippen LogP contribution in [0.25, 0.3) is 0 Å². The summed E-state index contributed by atoms with van der Waals surface area (Å²) in [4.78, 5) is 11.9. The first kappa shape index (κ1) is 14.0. The molecule has 19 heavy (non-hydrogen) atoms. The van der Waals surface area contributed by atoms with Crippen molar-refractivity contribution in [2.75, 3.05) is 6.54 Å². The van der Waals surface area contributed by atoms with Crippen molar-refractivity contribution in [2.45, 2.75) is 19.3 Å². The van der Waals surface area contributed by atoms with E-state index in [0.29, 0.717) is 6.54 Å². The van der Waals surface area contributed by atoms with Crippen molar-refractivity contribution in [3.8, 4) is 0 Å². The molecule has 2 rings (SSSR count). The molecule has 0 fully saturated rings. The Morgan fingerprint density at radius 2 is 2.00 bits per heavy atom. The van der Waals surface area contributed by atoms with E-state index in [1.165, 1.54) is 5.56 Å². The Kier molecular flexibility index (Phi) is 4.17. The molecule has 0 atom stereocenters. The van der Waals surface area contributed by atoms with E-state index in [2.05, 4.69) is 29.4 Å². The molecule has 0 radical (unpaired) electrons. The molecule has 0 saturated heterocycles. The van der Waals surface area contributed by atoms with Gasteiger partial charge in [0, 0.05) is 12.0 Å². The summed E-state index contributed by atoms with van der Waals surface area (Å²) >= 11 is 6.73. The molecule has 1 N–H and O–H groups in total. The Morgan fingerprint density at radius 3 is 2.58 bits per heavy atom. The molecule has 0 aliphatic carbocycles. The van der Waals surface area contributed by atoms with Gasteiger partial charge in [-0.25, -0.2) is 0 Å². The molecular weight excluding hydrogens is 282 g/mol. The third-order valence-corrected chi connectivity index (χ3v) is 3.86. The van der Waals surface area contributed by atoms with Crippen LogP contribution >= 0.6 is 22.9 Å². The van der Waals surface area contributed by atoms with Crippen molar-refractivity contribution in [1.82, 2.24) is 15.5 Å². The van der Waals surface area contributed by atoms with Crippen molar-refractivity contribution in [2.24, 2.45) is 0 Å². The SMILES string of the molecule is CC(C)(CNC(=O)c1nnc(Cl)s1)c1ccccc1. The average molecular weight is 296 g/mol. The Hall–Kier alpha value is -1.46. The van der Waals surface area contributed by atoms with Gasteiger partial charge in [0.05, 0.1) is 0 Å². The van der Waals surface area contributed by atoms with Gasteiger partial charge in [-0.15, -0.1) is 10.2 Å². The maximum atomic E-state index is 11.9. The molecule has 1 aromatic heterocycles. The van der Waals surface area contributed by atoms with E-state index in [1.807, 2.05) is 30.3 Å². The van der Waals surface area contributed by atoms with Crippen LogP contribution in [0, 0.1) is 0 Å². The summed E-state index contributed by atoms with van der Waals surface area (Å²) in [6, 6.07) is 10.1. The van der Waals surface area contributed by atoms with Crippen LogP contribution in [-0.4, -0.2) is 22.6 Å². The number of hydrogen-bond acceptors (Lipinski definition) is 4. The molecule has 1 heterocycles. The predicted molar refractivity (Wildman–Crippen MR) is 76.7 cm³/mol. The van der Waals surface area contributed by atoms with Gasteiger partial charge in [-0.2, -0.15) is 0 Å². The molecule has 1 amide bonds. The van der Waals surface area contributed by atoms with E-state index in [-0.39, 0.29) is 20.8 Å². The number of benzene rings is 1. The van der Waals surface area contributed by atoms with Crippen molar-refractivity contribution in [3.63, 3.8) is 0 Å². The highest BCUT2D eigenvalue weighted by Gasteiger charge is 2.22. The molecular formula is C13H14ClN3OS. The smallest absolute Gasteiger partial charge is 0.282 e. The van der Waals surface area contributed by atoms with Crippen LogP contribution in [0.4, 0.5) is 0 Å². The number of nitrogens with zero attached hydrogens (tertiary/aromatic N) is 2. The molecule has 100 valence electrons. The molecule has 0 aliphatic rings. The second kappa shape index (κ2) is 5.67. The zero-order valence-corrected chi connectivity index (χ0v) is 12.3. The zero-order valence-electron chi connectivity index (χ0n) is 10.7. The summed E-state index contributed by atoms with van der Waals surface area (Å²) in [7, 11) is 0. The first-order valence-electron chi connectivity index (χ1n) is 5.82. The first-order chi connectivity index (χ1) is 8.99. The Balaban J connectivity index is 2.00. The molecule has 0 saturated carbocycles. The minimum Gasteiger partial charge on any atom is -0.349 e. The van der Waals surface area contributed by atoms with Crippen molar-refractivity contribution in [3.05, 3.63) is 45.4 Å². The first-order valence-corrected chi connectivity index (χ1v) is 7.01. The lowest BCUT2D eigenvalue weighted by molar-refractivity contribution is 0.0944. The van der Waals surface area contributed by atoms with Crippen LogP contribution in [0.5, 0.6) is 0 Å². The lowest BCUT2D eigenvalue weighted by atomic mass is 9.84. The van der Waals surface area contributed by atoms with Gasteiger partial charge in [-0.3, -0.25) is 4.79 Å². The van der Waals surface area contributed by atoms with E-state index >= 15 is 0 Å². The zero-order chi connectivity index (χ0) is 13.9. The minimum absolute atomic E-state index is 0.147. The molecule has 6 heteroatoms. The fourth-order valence-corrected chi connectivity index (χ4v) is 2.41. The minimum atomic E-state index is -0.242. The van der Waals surface area contributed by atoms with Gasteiger partial charge < -0.3 is 5.32 Å². The standard InChI is InChI=1S/C13H14ClN3OS/c1-13(2,9-6-4-3-5-7-9)8-15-10(18)11-16-17-12(14)19-11/h3-7H,8H2,1-2H3,(H,15,18). The van der Waals surface area contributed by atoms with Crippen molar-refractivity contribution >= 4 is 28.8 Å². The van der Waals surface area contributed by atoms with Crippen LogP contribution in [0.2, 0.25) is 4.47 Å². The number of aromatic nitrogens is 2. The van der Waals surface area contributed by atoms with E-state index in [0.717, 1.165) is 11.3 Å². The quantitative estimate of drug-likeness (QED) is 0.943. The Morgan fingerprint density at radius 1 is 1.32 bits per heavy atom. The van der Waals surface area contributed by atoms with Crippen molar-refractivity contribution < 1.29 is 4.79 Å². The monoisotopic (exact) mass is 295 g/mol. The summed E-state index contributed by atoms with van der Waals surface area (Å²) in [5.41, 5.74) is 1.02. The predicted octanol–water partition coefficient (Wildman–Crippen LogP) is 2.90. The van der Waals surface area contributed by atoms with Gasteiger partial charge in [0.25, 0.3) is 5.91 Å². The third kappa shape index (κ3) is 3.52. The summed E-state index contributed by atoms with van der Waals surface area (Å²) < 4.78 is 0.271. The summed E-state index contributed by atoms with van der Waals surface area (Å²) in [5.74, 6) is -0.242. The van der Waals surface area contributed by atoms with Gasteiger partial charge in [-0.05, 0) is 17.2 Å². The number of carbonyl (C=O) groups is 1. The van der Waals surface area contributed by atoms with Crippen LogP contribution in [0.1, 0.15) is 29.2 Å². The number of rotatable bonds is 4. The fraction of sp³-hybridized carbons (Fsp3) is 0.308. The normalized spacial score (nSPS) is 11.3. The topological polar surface area (TPSA) is 54.9 Å². The van der Waals surface area contributed by atoms with Crippen molar-refractivity contribution in [1.29, 1.82) is 0 Å². The van der Waals surface area contributed by atoms with Gasteiger partial charge in [0.2, 0.25) is 9.47 Å². The fourth-order valence-electron chi connectivity index (χ4n) is 1.67. The van der Waals surface area contributed by atoms with Gasteiger partial charge >= 0.3 is 0 Å². The van der Waals surface area contributed by atoms with E-state index in [4.69, 9.17) is 11.6 Å². The average Bonchev–Trinajstić information content (AvgIpc) is 2.84. The van der Waals surface area contributed by atoms with E-state index in [9.17, 15) is 4.79 Å². The lowest BCUT2D eigenvalue weighted by Crippen LogP contribution is -2.36. The number of halogens is 1. The summed E-state index contributed by atoms with van der Waals surface area (Å²) in [6.07, 6.45) is 0. The number of hydrogen-bond donors (Lipinski definition) is 1.